The standard InChI is InChI=1S/C14H23N5/c1-11(8-15)9-18-19-14-12-6-4-2-3-5-7-13(12)16-10-17-14/h4,6,10-11,18H,2-3,5,7-9,15H2,1H3,(H,16,17,19). The zero-order valence-electron chi connectivity index (χ0n) is 11.5. The minimum absolute atomic E-state index is 0.437. The second-order valence-corrected chi connectivity index (χ2v) is 5.08. The van der Waals surface area contributed by atoms with E-state index in [0.29, 0.717) is 12.5 Å². The Morgan fingerprint density at radius 3 is 3.11 bits per heavy atom. The van der Waals surface area contributed by atoms with E-state index in [2.05, 4.69) is 39.9 Å². The lowest BCUT2D eigenvalue weighted by Crippen LogP contribution is -2.31. The van der Waals surface area contributed by atoms with Gasteiger partial charge in [-0.05, 0) is 38.1 Å². The van der Waals surface area contributed by atoms with Gasteiger partial charge in [0.05, 0.1) is 5.69 Å². The Kier molecular flexibility index (Phi) is 5.30. The lowest BCUT2D eigenvalue weighted by Gasteiger charge is -2.15. The van der Waals surface area contributed by atoms with Crippen LogP contribution in [-0.2, 0) is 6.42 Å². The quantitative estimate of drug-likeness (QED) is 0.704. The Balaban J connectivity index is 2.06. The topological polar surface area (TPSA) is 75.9 Å². The van der Waals surface area contributed by atoms with Crippen LogP contribution in [0, 0.1) is 5.92 Å². The van der Waals surface area contributed by atoms with Crippen molar-refractivity contribution in [2.24, 2.45) is 11.7 Å². The average Bonchev–Trinajstić information content (AvgIpc) is 2.39. The van der Waals surface area contributed by atoms with Crippen LogP contribution >= 0.6 is 0 Å². The van der Waals surface area contributed by atoms with Gasteiger partial charge in [0.1, 0.15) is 6.33 Å². The van der Waals surface area contributed by atoms with Gasteiger partial charge in [-0.3, -0.25) is 0 Å². The summed E-state index contributed by atoms with van der Waals surface area (Å²) >= 11 is 0. The van der Waals surface area contributed by atoms with E-state index in [-0.39, 0.29) is 0 Å². The largest absolute Gasteiger partial charge is 0.330 e. The smallest absolute Gasteiger partial charge is 0.151 e. The van der Waals surface area contributed by atoms with Crippen molar-refractivity contribution in [3.05, 3.63) is 23.7 Å². The van der Waals surface area contributed by atoms with Crippen LogP contribution in [0.15, 0.2) is 12.4 Å². The molecule has 1 heterocycles. The molecule has 0 saturated carbocycles. The highest BCUT2D eigenvalue weighted by Crippen LogP contribution is 2.21. The van der Waals surface area contributed by atoms with Gasteiger partial charge in [0.15, 0.2) is 5.82 Å². The Morgan fingerprint density at radius 1 is 1.37 bits per heavy atom. The number of hydrogen-bond donors (Lipinski definition) is 3. The SMILES string of the molecule is CC(CN)CNNc1ncnc2c1C=CCCCC2. The molecule has 104 valence electrons. The third-order valence-electron chi connectivity index (χ3n) is 3.34. The molecule has 1 aromatic rings. The summed E-state index contributed by atoms with van der Waals surface area (Å²) in [4.78, 5) is 8.71. The molecule has 0 bridgehead atoms. The highest BCUT2D eigenvalue weighted by Gasteiger charge is 2.10. The van der Waals surface area contributed by atoms with E-state index >= 15 is 0 Å². The first kappa shape index (κ1) is 14.0. The molecule has 1 unspecified atom stereocenters. The van der Waals surface area contributed by atoms with Crippen molar-refractivity contribution in [3.8, 4) is 0 Å². The summed E-state index contributed by atoms with van der Waals surface area (Å²) in [5.74, 6) is 1.29. The van der Waals surface area contributed by atoms with Crippen LogP contribution in [0.2, 0.25) is 0 Å². The third kappa shape index (κ3) is 4.01. The van der Waals surface area contributed by atoms with E-state index in [4.69, 9.17) is 5.73 Å². The molecule has 0 aromatic carbocycles. The van der Waals surface area contributed by atoms with Crippen molar-refractivity contribution in [1.82, 2.24) is 15.4 Å². The van der Waals surface area contributed by atoms with Crippen molar-refractivity contribution in [2.75, 3.05) is 18.5 Å². The van der Waals surface area contributed by atoms with Gasteiger partial charge in [-0.25, -0.2) is 15.4 Å². The second kappa shape index (κ2) is 7.21. The Morgan fingerprint density at radius 2 is 2.26 bits per heavy atom. The molecule has 5 heteroatoms. The van der Waals surface area contributed by atoms with E-state index in [1.807, 2.05) is 0 Å². The minimum Gasteiger partial charge on any atom is -0.330 e. The zero-order chi connectivity index (χ0) is 13.5. The van der Waals surface area contributed by atoms with Crippen molar-refractivity contribution in [1.29, 1.82) is 0 Å². The summed E-state index contributed by atoms with van der Waals surface area (Å²) in [6, 6.07) is 0. The summed E-state index contributed by atoms with van der Waals surface area (Å²) < 4.78 is 0. The summed E-state index contributed by atoms with van der Waals surface area (Å²) in [6.07, 6.45) is 10.5. The lowest BCUT2D eigenvalue weighted by atomic mass is 10.0. The molecule has 0 saturated heterocycles. The third-order valence-corrected chi connectivity index (χ3v) is 3.34. The van der Waals surface area contributed by atoms with Crippen LogP contribution in [-0.4, -0.2) is 23.1 Å². The number of allylic oxidation sites excluding steroid dienone is 1. The van der Waals surface area contributed by atoms with Gasteiger partial charge >= 0.3 is 0 Å². The summed E-state index contributed by atoms with van der Waals surface area (Å²) in [5.41, 5.74) is 14.2. The van der Waals surface area contributed by atoms with Crippen molar-refractivity contribution in [2.45, 2.75) is 32.6 Å². The normalized spacial score (nSPS) is 16.3. The number of nitrogens with two attached hydrogens (primary N) is 1. The fraction of sp³-hybridized carbons (Fsp3) is 0.571. The highest BCUT2D eigenvalue weighted by molar-refractivity contribution is 5.64. The van der Waals surface area contributed by atoms with Gasteiger partial charge in [0.25, 0.3) is 0 Å². The Labute approximate surface area is 114 Å². The molecule has 0 aliphatic heterocycles. The molecule has 2 rings (SSSR count). The van der Waals surface area contributed by atoms with E-state index in [1.165, 1.54) is 12.8 Å². The van der Waals surface area contributed by atoms with E-state index in [9.17, 15) is 0 Å². The number of nitrogens with one attached hydrogen (secondary N) is 2. The van der Waals surface area contributed by atoms with E-state index in [1.54, 1.807) is 6.33 Å². The van der Waals surface area contributed by atoms with Gasteiger partial charge in [-0.1, -0.05) is 19.1 Å². The number of hydrazine groups is 1. The highest BCUT2D eigenvalue weighted by atomic mass is 15.4. The van der Waals surface area contributed by atoms with Crippen LogP contribution in [0.25, 0.3) is 6.08 Å². The van der Waals surface area contributed by atoms with Gasteiger partial charge in [-0.2, -0.15) is 0 Å². The first-order valence-corrected chi connectivity index (χ1v) is 7.00. The Hall–Kier alpha value is -1.46. The molecule has 4 N–H and O–H groups in total. The lowest BCUT2D eigenvalue weighted by molar-refractivity contribution is 0.551. The molecule has 1 aliphatic carbocycles. The molecule has 5 nitrogen and oxygen atoms in total. The number of aryl methyl sites for hydroxylation is 1. The molecular weight excluding hydrogens is 238 g/mol. The van der Waals surface area contributed by atoms with Crippen LogP contribution in [0.3, 0.4) is 0 Å². The second-order valence-electron chi connectivity index (χ2n) is 5.08. The zero-order valence-corrected chi connectivity index (χ0v) is 11.5. The molecule has 1 aliphatic rings. The minimum atomic E-state index is 0.437. The van der Waals surface area contributed by atoms with Crippen molar-refractivity contribution >= 4 is 11.9 Å². The predicted octanol–water partition coefficient (Wildman–Crippen LogP) is 1.73. The number of anilines is 1. The molecule has 1 aromatic heterocycles. The summed E-state index contributed by atoms with van der Waals surface area (Å²) in [6.45, 7) is 3.61. The van der Waals surface area contributed by atoms with Gasteiger partial charge in [-0.15, -0.1) is 0 Å². The summed E-state index contributed by atoms with van der Waals surface area (Å²) in [7, 11) is 0. The maximum Gasteiger partial charge on any atom is 0.151 e. The van der Waals surface area contributed by atoms with E-state index < -0.39 is 0 Å². The maximum atomic E-state index is 5.60. The number of hydrogen-bond acceptors (Lipinski definition) is 5. The number of nitrogens with zero attached hydrogens (tertiary/aromatic N) is 2. The molecule has 1 atom stereocenters. The Bertz CT molecular complexity index is 430. The molecule has 19 heavy (non-hydrogen) atoms. The summed E-state index contributed by atoms with van der Waals surface area (Å²) in [5, 5.41) is 0. The van der Waals surface area contributed by atoms with Gasteiger partial charge in [0, 0.05) is 12.1 Å². The number of aromatic nitrogens is 2. The first-order chi connectivity index (χ1) is 9.31. The molecule has 0 spiro atoms. The van der Waals surface area contributed by atoms with Crippen LogP contribution in [0.5, 0.6) is 0 Å². The monoisotopic (exact) mass is 261 g/mol. The molecule has 0 radical (unpaired) electrons. The van der Waals surface area contributed by atoms with Gasteiger partial charge in [0.2, 0.25) is 0 Å². The first-order valence-electron chi connectivity index (χ1n) is 7.00. The van der Waals surface area contributed by atoms with Crippen LogP contribution < -0.4 is 16.6 Å². The number of rotatable bonds is 5. The van der Waals surface area contributed by atoms with Gasteiger partial charge < -0.3 is 11.2 Å². The fourth-order valence-electron chi connectivity index (χ4n) is 2.05. The number of fused-ring (bicyclic) bond motifs is 1. The van der Waals surface area contributed by atoms with Crippen LogP contribution in [0.4, 0.5) is 5.82 Å². The van der Waals surface area contributed by atoms with Crippen LogP contribution in [0.1, 0.15) is 37.4 Å². The molecule has 0 amide bonds. The van der Waals surface area contributed by atoms with Crippen molar-refractivity contribution in [3.63, 3.8) is 0 Å². The van der Waals surface area contributed by atoms with E-state index in [0.717, 1.165) is 36.5 Å². The van der Waals surface area contributed by atoms with Crippen molar-refractivity contribution < 1.29 is 0 Å². The molecular formula is C14H23N5. The fourth-order valence-corrected chi connectivity index (χ4v) is 2.05. The predicted molar refractivity (Wildman–Crippen MR) is 78.5 cm³/mol. The average molecular weight is 261 g/mol. The maximum absolute atomic E-state index is 5.60. The molecule has 0 fully saturated rings.